The fourth-order valence-corrected chi connectivity index (χ4v) is 4.49. The minimum atomic E-state index is 0.170. The summed E-state index contributed by atoms with van der Waals surface area (Å²) in [5, 5.41) is 3.65. The van der Waals surface area contributed by atoms with E-state index < -0.39 is 0 Å². The van der Waals surface area contributed by atoms with Gasteiger partial charge in [-0.15, -0.1) is 0 Å². The topological polar surface area (TPSA) is 58.6 Å². The van der Waals surface area contributed by atoms with Gasteiger partial charge in [0.1, 0.15) is 11.5 Å². The zero-order valence-corrected chi connectivity index (χ0v) is 18.4. The predicted octanol–water partition coefficient (Wildman–Crippen LogP) is 2.36. The Bertz CT molecular complexity index is 683. The van der Waals surface area contributed by atoms with Crippen molar-refractivity contribution in [1.29, 1.82) is 0 Å². The molecular formula is C22H36N4O3. The molecule has 0 aromatic heterocycles. The zero-order valence-electron chi connectivity index (χ0n) is 18.4. The van der Waals surface area contributed by atoms with Gasteiger partial charge in [-0.2, -0.15) is 0 Å². The molecule has 29 heavy (non-hydrogen) atoms. The molecule has 2 heterocycles. The standard InChI is InChI=1S/C22H36N4O3/c1-23-21(25(2)16-18-7-8-19(27-3)15-20(18)28-4)24-17-22(9-13-29-14-10-22)26-11-5-6-12-26/h7-8,15H,5-6,9-14,16-17H2,1-4H3,(H,23,24). The molecule has 0 aliphatic carbocycles. The van der Waals surface area contributed by atoms with E-state index in [1.54, 1.807) is 14.2 Å². The molecule has 0 bridgehead atoms. The van der Waals surface area contributed by atoms with E-state index in [9.17, 15) is 0 Å². The van der Waals surface area contributed by atoms with Crippen LogP contribution < -0.4 is 14.8 Å². The summed E-state index contributed by atoms with van der Waals surface area (Å²) in [5.74, 6) is 2.51. The molecule has 0 unspecified atom stereocenters. The van der Waals surface area contributed by atoms with Crippen molar-refractivity contribution in [2.24, 2.45) is 4.99 Å². The molecular weight excluding hydrogens is 368 g/mol. The Labute approximate surface area is 175 Å². The second kappa shape index (κ2) is 10.2. The van der Waals surface area contributed by atoms with E-state index in [-0.39, 0.29) is 5.54 Å². The Morgan fingerprint density at radius 3 is 2.55 bits per heavy atom. The van der Waals surface area contributed by atoms with Gasteiger partial charge >= 0.3 is 0 Å². The first kappa shape index (κ1) is 21.7. The average Bonchev–Trinajstić information content (AvgIpc) is 3.31. The summed E-state index contributed by atoms with van der Waals surface area (Å²) in [4.78, 5) is 9.34. The lowest BCUT2D eigenvalue weighted by molar-refractivity contribution is -0.0166. The van der Waals surface area contributed by atoms with Crippen molar-refractivity contribution in [3.05, 3.63) is 23.8 Å². The number of hydrogen-bond acceptors (Lipinski definition) is 5. The van der Waals surface area contributed by atoms with Crippen LogP contribution in [0.25, 0.3) is 0 Å². The maximum absolute atomic E-state index is 5.67. The van der Waals surface area contributed by atoms with Gasteiger partial charge in [-0.1, -0.05) is 0 Å². The Kier molecular flexibility index (Phi) is 7.61. The number of benzene rings is 1. The van der Waals surface area contributed by atoms with E-state index in [1.165, 1.54) is 25.9 Å². The van der Waals surface area contributed by atoms with Crippen LogP contribution in [0.15, 0.2) is 23.2 Å². The second-order valence-corrected chi connectivity index (χ2v) is 7.97. The first-order valence-electron chi connectivity index (χ1n) is 10.6. The third-order valence-electron chi connectivity index (χ3n) is 6.25. The highest BCUT2D eigenvalue weighted by atomic mass is 16.5. The maximum atomic E-state index is 5.67. The van der Waals surface area contributed by atoms with Crippen LogP contribution in [0.2, 0.25) is 0 Å². The van der Waals surface area contributed by atoms with Crippen molar-refractivity contribution in [2.75, 3.05) is 61.2 Å². The molecule has 2 aliphatic rings. The molecule has 0 atom stereocenters. The number of aliphatic imine (C=N–C) groups is 1. The fraction of sp³-hybridized carbons (Fsp3) is 0.682. The van der Waals surface area contributed by atoms with Crippen molar-refractivity contribution in [3.8, 4) is 11.5 Å². The Morgan fingerprint density at radius 2 is 1.93 bits per heavy atom. The lowest BCUT2D eigenvalue weighted by Gasteiger charge is -2.45. The van der Waals surface area contributed by atoms with Crippen LogP contribution in [0.5, 0.6) is 11.5 Å². The van der Waals surface area contributed by atoms with Gasteiger partial charge < -0.3 is 24.4 Å². The molecule has 2 fully saturated rings. The first-order valence-corrected chi connectivity index (χ1v) is 10.6. The summed E-state index contributed by atoms with van der Waals surface area (Å²) in [5.41, 5.74) is 1.27. The lowest BCUT2D eigenvalue weighted by atomic mass is 9.88. The van der Waals surface area contributed by atoms with Gasteiger partial charge in [-0.05, 0) is 50.9 Å². The van der Waals surface area contributed by atoms with Gasteiger partial charge in [0.25, 0.3) is 0 Å². The Balaban J connectivity index is 1.66. The van der Waals surface area contributed by atoms with Gasteiger partial charge in [-0.25, -0.2) is 0 Å². The Morgan fingerprint density at radius 1 is 1.21 bits per heavy atom. The fourth-order valence-electron chi connectivity index (χ4n) is 4.49. The van der Waals surface area contributed by atoms with E-state index in [2.05, 4.69) is 27.2 Å². The van der Waals surface area contributed by atoms with Gasteiger partial charge in [0, 0.05) is 57.6 Å². The van der Waals surface area contributed by atoms with Gasteiger partial charge in [0.15, 0.2) is 5.96 Å². The summed E-state index contributed by atoms with van der Waals surface area (Å²) in [6, 6.07) is 5.93. The van der Waals surface area contributed by atoms with Gasteiger partial charge in [-0.3, -0.25) is 9.89 Å². The largest absolute Gasteiger partial charge is 0.497 e. The summed E-state index contributed by atoms with van der Waals surface area (Å²) in [7, 11) is 7.26. The number of nitrogens with one attached hydrogen (secondary N) is 1. The molecule has 1 N–H and O–H groups in total. The maximum Gasteiger partial charge on any atom is 0.193 e. The number of likely N-dealkylation sites (tertiary alicyclic amines) is 1. The highest BCUT2D eigenvalue weighted by Gasteiger charge is 2.39. The third-order valence-corrected chi connectivity index (χ3v) is 6.25. The van der Waals surface area contributed by atoms with Crippen LogP contribution in [0.1, 0.15) is 31.2 Å². The zero-order chi connectivity index (χ0) is 20.7. The van der Waals surface area contributed by atoms with Crippen molar-refractivity contribution in [1.82, 2.24) is 15.1 Å². The lowest BCUT2D eigenvalue weighted by Crippen LogP contribution is -2.58. The molecule has 162 valence electrons. The first-order chi connectivity index (χ1) is 14.1. The highest BCUT2D eigenvalue weighted by molar-refractivity contribution is 5.79. The normalized spacial score (nSPS) is 19.8. The molecule has 0 saturated carbocycles. The minimum absolute atomic E-state index is 0.170. The van der Waals surface area contributed by atoms with E-state index in [4.69, 9.17) is 14.2 Å². The smallest absolute Gasteiger partial charge is 0.193 e. The number of rotatable bonds is 7. The van der Waals surface area contributed by atoms with Crippen LogP contribution in [-0.4, -0.2) is 82.5 Å². The van der Waals surface area contributed by atoms with Crippen molar-refractivity contribution in [2.45, 2.75) is 37.8 Å². The third kappa shape index (κ3) is 5.14. The Hall–Kier alpha value is -1.99. The molecule has 0 spiro atoms. The monoisotopic (exact) mass is 404 g/mol. The van der Waals surface area contributed by atoms with Crippen LogP contribution >= 0.6 is 0 Å². The molecule has 0 radical (unpaired) electrons. The predicted molar refractivity (Wildman–Crippen MR) is 116 cm³/mol. The van der Waals surface area contributed by atoms with Crippen molar-refractivity contribution < 1.29 is 14.2 Å². The molecule has 0 amide bonds. The SMILES string of the molecule is CN=C(NCC1(N2CCCC2)CCOCC1)N(C)Cc1ccc(OC)cc1OC. The summed E-state index contributed by atoms with van der Waals surface area (Å²) >= 11 is 0. The highest BCUT2D eigenvalue weighted by Crippen LogP contribution is 2.31. The quantitative estimate of drug-likeness (QED) is 0.556. The van der Waals surface area contributed by atoms with Crippen LogP contribution in [0.4, 0.5) is 0 Å². The molecule has 2 aliphatic heterocycles. The van der Waals surface area contributed by atoms with E-state index in [0.717, 1.165) is 55.6 Å². The molecule has 7 heteroatoms. The molecule has 3 rings (SSSR count). The minimum Gasteiger partial charge on any atom is -0.497 e. The summed E-state index contributed by atoms with van der Waals surface area (Å²) in [6.45, 7) is 5.67. The van der Waals surface area contributed by atoms with E-state index in [1.807, 2.05) is 25.2 Å². The van der Waals surface area contributed by atoms with Crippen LogP contribution in [0.3, 0.4) is 0 Å². The van der Waals surface area contributed by atoms with Crippen molar-refractivity contribution in [3.63, 3.8) is 0 Å². The second-order valence-electron chi connectivity index (χ2n) is 7.97. The van der Waals surface area contributed by atoms with E-state index >= 15 is 0 Å². The number of methoxy groups -OCH3 is 2. The number of hydrogen-bond donors (Lipinski definition) is 1. The van der Waals surface area contributed by atoms with Gasteiger partial charge in [0.05, 0.1) is 14.2 Å². The van der Waals surface area contributed by atoms with Crippen LogP contribution in [0, 0.1) is 0 Å². The van der Waals surface area contributed by atoms with Crippen molar-refractivity contribution >= 4 is 5.96 Å². The number of ether oxygens (including phenoxy) is 3. The molecule has 1 aromatic carbocycles. The molecule has 7 nitrogen and oxygen atoms in total. The number of nitrogens with zero attached hydrogens (tertiary/aromatic N) is 3. The number of guanidine groups is 1. The van der Waals surface area contributed by atoms with E-state index in [0.29, 0.717) is 6.54 Å². The van der Waals surface area contributed by atoms with Crippen LogP contribution in [-0.2, 0) is 11.3 Å². The molecule has 2 saturated heterocycles. The molecule has 1 aromatic rings. The van der Waals surface area contributed by atoms with Gasteiger partial charge in [0.2, 0.25) is 0 Å². The summed E-state index contributed by atoms with van der Waals surface area (Å²) in [6.07, 6.45) is 4.75. The average molecular weight is 405 g/mol. The summed E-state index contributed by atoms with van der Waals surface area (Å²) < 4.78 is 16.5.